The van der Waals surface area contributed by atoms with Gasteiger partial charge in [-0.2, -0.15) is 5.10 Å². The lowest BCUT2D eigenvalue weighted by atomic mass is 10.0. The Balaban J connectivity index is 1.75. The fourth-order valence-corrected chi connectivity index (χ4v) is 4.35. The summed E-state index contributed by atoms with van der Waals surface area (Å²) < 4.78 is 18.3. The summed E-state index contributed by atoms with van der Waals surface area (Å²) in [5.41, 5.74) is 4.11. The Morgan fingerprint density at radius 3 is 2.41 bits per heavy atom. The third-order valence-corrected chi connectivity index (χ3v) is 6.40. The molecule has 2 aromatic heterocycles. The van der Waals surface area contributed by atoms with Crippen molar-refractivity contribution in [2.75, 3.05) is 34.5 Å². The van der Waals surface area contributed by atoms with Crippen molar-refractivity contribution >= 4 is 28.4 Å². The third-order valence-electron chi connectivity index (χ3n) is 6.15. The fourth-order valence-electron chi connectivity index (χ4n) is 4.23. The van der Waals surface area contributed by atoms with E-state index in [0.717, 1.165) is 27.9 Å². The van der Waals surface area contributed by atoms with E-state index >= 15 is 0 Å². The molecule has 2 aromatic carbocycles. The lowest BCUT2D eigenvalue weighted by Gasteiger charge is -2.24. The summed E-state index contributed by atoms with van der Waals surface area (Å²) in [4.78, 5) is 20.2. The average Bonchev–Trinajstić information content (AvgIpc) is 3.33. The number of hydrogen-bond donors (Lipinski definition) is 0. The van der Waals surface area contributed by atoms with E-state index < -0.39 is 0 Å². The first-order chi connectivity index (χ1) is 17.9. The summed E-state index contributed by atoms with van der Waals surface area (Å²) in [5.74, 6) is 1.32. The minimum Gasteiger partial charge on any atom is -0.496 e. The minimum atomic E-state index is 0.00460. The van der Waals surface area contributed by atoms with Gasteiger partial charge in [0, 0.05) is 55.3 Å². The fraction of sp³-hybridized carbons (Fsp3) is 0.321. The second-order valence-electron chi connectivity index (χ2n) is 8.65. The van der Waals surface area contributed by atoms with Crippen LogP contribution in [0.5, 0.6) is 11.5 Å². The number of methoxy groups -OCH3 is 3. The SMILES string of the molecule is COCCN(Cc1cc2c(OC)ccc(OC)c2nc1-c1ccc(Cl)cc1)C(=O)CCn1ccc(C)n1. The number of fused-ring (bicyclic) bond motifs is 1. The van der Waals surface area contributed by atoms with E-state index in [0.29, 0.717) is 54.7 Å². The van der Waals surface area contributed by atoms with Gasteiger partial charge < -0.3 is 19.1 Å². The Hall–Kier alpha value is -3.62. The molecule has 0 fully saturated rings. The van der Waals surface area contributed by atoms with E-state index in [1.807, 2.05) is 61.7 Å². The molecule has 0 N–H and O–H groups in total. The third kappa shape index (κ3) is 6.21. The van der Waals surface area contributed by atoms with Gasteiger partial charge in [-0.3, -0.25) is 9.48 Å². The summed E-state index contributed by atoms with van der Waals surface area (Å²) in [7, 11) is 4.87. The molecule has 0 saturated carbocycles. The maximum Gasteiger partial charge on any atom is 0.224 e. The van der Waals surface area contributed by atoms with Crippen LogP contribution in [0.2, 0.25) is 5.02 Å². The summed E-state index contributed by atoms with van der Waals surface area (Å²) in [5, 5.41) is 5.83. The Morgan fingerprint density at radius 1 is 1.03 bits per heavy atom. The van der Waals surface area contributed by atoms with Crippen LogP contribution in [0.1, 0.15) is 17.7 Å². The second kappa shape index (κ2) is 12.1. The second-order valence-corrected chi connectivity index (χ2v) is 9.08. The summed E-state index contributed by atoms with van der Waals surface area (Å²) in [6.07, 6.45) is 2.20. The van der Waals surface area contributed by atoms with Gasteiger partial charge in [-0.15, -0.1) is 0 Å². The van der Waals surface area contributed by atoms with Crippen LogP contribution in [0, 0.1) is 6.92 Å². The van der Waals surface area contributed by atoms with Gasteiger partial charge in [-0.1, -0.05) is 23.7 Å². The monoisotopic (exact) mass is 522 g/mol. The van der Waals surface area contributed by atoms with Crippen LogP contribution in [0.3, 0.4) is 0 Å². The first-order valence-corrected chi connectivity index (χ1v) is 12.4. The van der Waals surface area contributed by atoms with Gasteiger partial charge in [0.15, 0.2) is 0 Å². The van der Waals surface area contributed by atoms with E-state index in [2.05, 4.69) is 5.10 Å². The predicted octanol–water partition coefficient (Wildman–Crippen LogP) is 5.14. The molecule has 0 aliphatic rings. The molecule has 4 aromatic rings. The van der Waals surface area contributed by atoms with Crippen molar-refractivity contribution in [2.24, 2.45) is 0 Å². The van der Waals surface area contributed by atoms with E-state index in [4.69, 9.17) is 30.8 Å². The molecule has 0 saturated heterocycles. The molecule has 0 radical (unpaired) electrons. The predicted molar refractivity (Wildman–Crippen MR) is 144 cm³/mol. The molecule has 0 aliphatic heterocycles. The van der Waals surface area contributed by atoms with Crippen LogP contribution in [0.25, 0.3) is 22.2 Å². The summed E-state index contributed by atoms with van der Waals surface area (Å²) >= 11 is 6.16. The highest BCUT2D eigenvalue weighted by atomic mass is 35.5. The highest BCUT2D eigenvalue weighted by Crippen LogP contribution is 2.36. The molecular formula is C28H31ClN4O4. The van der Waals surface area contributed by atoms with Gasteiger partial charge in [0.25, 0.3) is 0 Å². The number of halogens is 1. The zero-order valence-electron chi connectivity index (χ0n) is 21.5. The molecule has 0 bridgehead atoms. The van der Waals surface area contributed by atoms with Gasteiger partial charge in [0.2, 0.25) is 5.91 Å². The van der Waals surface area contributed by atoms with Gasteiger partial charge in [-0.05, 0) is 48.9 Å². The topological polar surface area (TPSA) is 78.7 Å². The Morgan fingerprint density at radius 2 is 1.76 bits per heavy atom. The maximum absolute atomic E-state index is 13.4. The number of benzene rings is 2. The van der Waals surface area contributed by atoms with E-state index in [9.17, 15) is 4.79 Å². The van der Waals surface area contributed by atoms with E-state index in [-0.39, 0.29) is 5.91 Å². The molecule has 0 unspecified atom stereocenters. The molecular weight excluding hydrogens is 492 g/mol. The van der Waals surface area contributed by atoms with Crippen molar-refractivity contribution in [1.82, 2.24) is 19.7 Å². The van der Waals surface area contributed by atoms with Crippen LogP contribution < -0.4 is 9.47 Å². The number of carbonyl (C=O) groups excluding carboxylic acids is 1. The number of ether oxygens (including phenoxy) is 3. The Kier molecular flexibility index (Phi) is 8.63. The highest BCUT2D eigenvalue weighted by Gasteiger charge is 2.20. The normalized spacial score (nSPS) is 11.1. The molecule has 194 valence electrons. The molecule has 1 amide bonds. The number of amides is 1. The zero-order chi connectivity index (χ0) is 26.4. The van der Waals surface area contributed by atoms with Gasteiger partial charge in [0.05, 0.1) is 32.2 Å². The van der Waals surface area contributed by atoms with E-state index in [1.54, 1.807) is 30.9 Å². The molecule has 0 aliphatic carbocycles. The largest absolute Gasteiger partial charge is 0.496 e. The number of aryl methyl sites for hydroxylation is 2. The molecule has 4 rings (SSSR count). The molecule has 37 heavy (non-hydrogen) atoms. The summed E-state index contributed by atoms with van der Waals surface area (Å²) in [6.45, 7) is 3.64. The molecule has 2 heterocycles. The Bertz CT molecular complexity index is 1370. The smallest absolute Gasteiger partial charge is 0.224 e. The lowest BCUT2D eigenvalue weighted by molar-refractivity contribution is -0.132. The van der Waals surface area contributed by atoms with E-state index in [1.165, 1.54) is 0 Å². The van der Waals surface area contributed by atoms with Crippen LogP contribution in [0.15, 0.2) is 54.7 Å². The number of aromatic nitrogens is 3. The first-order valence-electron chi connectivity index (χ1n) is 12.0. The molecule has 9 heteroatoms. The van der Waals surface area contributed by atoms with Gasteiger partial charge >= 0.3 is 0 Å². The quantitative estimate of drug-likeness (QED) is 0.271. The zero-order valence-corrected chi connectivity index (χ0v) is 22.3. The van der Waals surface area contributed by atoms with Crippen LogP contribution >= 0.6 is 11.6 Å². The van der Waals surface area contributed by atoms with Crippen molar-refractivity contribution in [3.8, 4) is 22.8 Å². The standard InChI is InChI=1S/C28H31ClN4O4/c1-19-11-13-33(31-19)14-12-26(34)32(15-16-35-2)18-21-17-23-24(36-3)9-10-25(37-4)28(23)30-27(21)20-5-7-22(29)8-6-20/h5-11,13,17H,12,14-16,18H2,1-4H3. The number of rotatable bonds is 11. The van der Waals surface area contributed by atoms with Crippen LogP contribution in [-0.4, -0.2) is 60.1 Å². The number of pyridine rings is 1. The van der Waals surface area contributed by atoms with Crippen molar-refractivity contribution < 1.29 is 19.0 Å². The number of nitrogens with zero attached hydrogens (tertiary/aromatic N) is 4. The van der Waals surface area contributed by atoms with Crippen molar-refractivity contribution in [1.29, 1.82) is 0 Å². The molecule has 0 spiro atoms. The van der Waals surface area contributed by atoms with Crippen LogP contribution in [0.4, 0.5) is 0 Å². The van der Waals surface area contributed by atoms with Crippen molar-refractivity contribution in [2.45, 2.75) is 26.4 Å². The van der Waals surface area contributed by atoms with Crippen molar-refractivity contribution in [3.05, 3.63) is 71.0 Å². The summed E-state index contributed by atoms with van der Waals surface area (Å²) in [6, 6.07) is 15.2. The maximum atomic E-state index is 13.4. The molecule has 8 nitrogen and oxygen atoms in total. The van der Waals surface area contributed by atoms with Crippen LogP contribution in [-0.2, 0) is 22.6 Å². The average molecular weight is 523 g/mol. The van der Waals surface area contributed by atoms with Gasteiger partial charge in [0.1, 0.15) is 17.0 Å². The first kappa shape index (κ1) is 26.4. The Labute approximate surface area is 221 Å². The minimum absolute atomic E-state index is 0.00460. The lowest BCUT2D eigenvalue weighted by Crippen LogP contribution is -2.34. The number of hydrogen-bond acceptors (Lipinski definition) is 6. The highest BCUT2D eigenvalue weighted by molar-refractivity contribution is 6.30. The van der Waals surface area contributed by atoms with Crippen molar-refractivity contribution in [3.63, 3.8) is 0 Å². The molecule has 0 atom stereocenters. The van der Waals surface area contributed by atoms with Gasteiger partial charge in [-0.25, -0.2) is 4.98 Å². The number of carbonyl (C=O) groups is 1.